The van der Waals surface area contributed by atoms with E-state index >= 15 is 0 Å². The lowest BCUT2D eigenvalue weighted by Gasteiger charge is -2.35. The number of carbonyl (C=O) groups excluding carboxylic acids is 1. The smallest absolute Gasteiger partial charge is 0.241 e. The van der Waals surface area contributed by atoms with Gasteiger partial charge in [-0.25, -0.2) is 0 Å². The minimum absolute atomic E-state index is 0.0264. The molecule has 2 aliphatic heterocycles. The maximum absolute atomic E-state index is 12.8. The van der Waals surface area contributed by atoms with Crippen LogP contribution < -0.4 is 5.32 Å². The van der Waals surface area contributed by atoms with Gasteiger partial charge < -0.3 is 4.90 Å². The predicted molar refractivity (Wildman–Crippen MR) is 88.3 cm³/mol. The third kappa shape index (κ3) is 2.84. The molecule has 3 unspecified atom stereocenters. The third-order valence-electron chi connectivity index (χ3n) is 4.61. The van der Waals surface area contributed by atoms with Gasteiger partial charge in [0.1, 0.15) is 6.17 Å². The Bertz CT molecular complexity index is 513. The molecule has 2 aliphatic rings. The van der Waals surface area contributed by atoms with E-state index in [1.807, 2.05) is 11.8 Å². The predicted octanol–water partition coefficient (Wildman–Crippen LogP) is 3.10. The molecule has 0 aromatic heterocycles. The summed E-state index contributed by atoms with van der Waals surface area (Å²) in [6.07, 6.45) is 3.26. The average Bonchev–Trinajstić information content (AvgIpc) is 2.85. The molecule has 3 rings (SSSR count). The molecule has 1 N–H and O–H groups in total. The summed E-state index contributed by atoms with van der Waals surface area (Å²) in [5.41, 5.74) is 2.50. The highest BCUT2D eigenvalue weighted by molar-refractivity contribution is 7.99. The van der Waals surface area contributed by atoms with E-state index in [9.17, 15) is 4.79 Å². The summed E-state index contributed by atoms with van der Waals surface area (Å²) >= 11 is 1.98. The first-order valence-electron chi connectivity index (χ1n) is 7.94. The van der Waals surface area contributed by atoms with Crippen molar-refractivity contribution in [2.24, 2.45) is 0 Å². The summed E-state index contributed by atoms with van der Waals surface area (Å²) < 4.78 is 0. The maximum atomic E-state index is 12.8. The number of amides is 1. The van der Waals surface area contributed by atoms with E-state index in [0.717, 1.165) is 18.6 Å². The molecule has 2 saturated heterocycles. The van der Waals surface area contributed by atoms with Crippen LogP contribution in [0.3, 0.4) is 0 Å². The fourth-order valence-electron chi connectivity index (χ4n) is 3.41. The highest BCUT2D eigenvalue weighted by atomic mass is 32.2. The number of carbonyl (C=O) groups is 1. The molecule has 1 aromatic rings. The van der Waals surface area contributed by atoms with Crippen LogP contribution in [0.15, 0.2) is 24.3 Å². The fraction of sp³-hybridized carbons (Fsp3) is 0.588. The van der Waals surface area contributed by atoms with Gasteiger partial charge in [-0.3, -0.25) is 10.1 Å². The number of nitrogens with one attached hydrogen (secondary N) is 1. The van der Waals surface area contributed by atoms with Gasteiger partial charge in [-0.15, -0.1) is 0 Å². The lowest BCUT2D eigenvalue weighted by molar-refractivity contribution is -0.132. The molecule has 21 heavy (non-hydrogen) atoms. The number of nitrogens with zero attached hydrogens (tertiary/aromatic N) is 1. The number of hydrogen-bond acceptors (Lipinski definition) is 3. The second kappa shape index (κ2) is 6.41. The van der Waals surface area contributed by atoms with Crippen molar-refractivity contribution in [1.82, 2.24) is 10.2 Å². The van der Waals surface area contributed by atoms with E-state index in [0.29, 0.717) is 11.9 Å². The monoisotopic (exact) mass is 304 g/mol. The molecular formula is C17H24N2OS. The van der Waals surface area contributed by atoms with Gasteiger partial charge in [0.2, 0.25) is 5.91 Å². The summed E-state index contributed by atoms with van der Waals surface area (Å²) in [4.78, 5) is 14.9. The van der Waals surface area contributed by atoms with Crippen LogP contribution in [-0.4, -0.2) is 34.4 Å². The molecule has 2 heterocycles. The van der Waals surface area contributed by atoms with Gasteiger partial charge in [-0.05, 0) is 43.1 Å². The standard InChI is InChI=1S/C17H24N2OS/c1-3-15-17(20)19(13-8-6-10-21-11-13)16(18-15)14-9-5-4-7-12(14)2/h4-5,7,9,13,15-16,18H,3,6,8,10-11H2,1-2H3. The van der Waals surface area contributed by atoms with Gasteiger partial charge in [0.05, 0.1) is 6.04 Å². The zero-order valence-corrected chi connectivity index (χ0v) is 13.7. The van der Waals surface area contributed by atoms with E-state index < -0.39 is 0 Å². The Labute approximate surface area is 131 Å². The van der Waals surface area contributed by atoms with Crippen molar-refractivity contribution in [3.63, 3.8) is 0 Å². The van der Waals surface area contributed by atoms with Gasteiger partial charge in [-0.2, -0.15) is 11.8 Å². The number of hydrogen-bond donors (Lipinski definition) is 1. The molecule has 3 atom stereocenters. The first kappa shape index (κ1) is 14.9. The molecule has 4 heteroatoms. The molecule has 0 radical (unpaired) electrons. The minimum atomic E-state index is -0.0264. The van der Waals surface area contributed by atoms with Gasteiger partial charge >= 0.3 is 0 Å². The van der Waals surface area contributed by atoms with Crippen LogP contribution in [-0.2, 0) is 4.79 Å². The molecule has 114 valence electrons. The molecule has 0 aliphatic carbocycles. The van der Waals surface area contributed by atoms with Gasteiger partial charge in [0.25, 0.3) is 0 Å². The largest absolute Gasteiger partial charge is 0.318 e. The van der Waals surface area contributed by atoms with Crippen molar-refractivity contribution >= 4 is 17.7 Å². The number of aryl methyl sites for hydroxylation is 1. The van der Waals surface area contributed by atoms with E-state index in [-0.39, 0.29) is 12.2 Å². The van der Waals surface area contributed by atoms with Crippen LogP contribution in [0.1, 0.15) is 43.5 Å². The second-order valence-electron chi connectivity index (χ2n) is 6.00. The number of rotatable bonds is 3. The number of benzene rings is 1. The SMILES string of the molecule is CCC1NC(c2ccccc2C)N(C2CCCSC2)C1=O. The van der Waals surface area contributed by atoms with Gasteiger partial charge in [0, 0.05) is 11.8 Å². The third-order valence-corrected chi connectivity index (χ3v) is 5.81. The molecular weight excluding hydrogens is 280 g/mol. The minimum Gasteiger partial charge on any atom is -0.318 e. The van der Waals surface area contributed by atoms with E-state index in [1.54, 1.807) is 0 Å². The lowest BCUT2D eigenvalue weighted by Crippen LogP contribution is -2.43. The summed E-state index contributed by atoms with van der Waals surface area (Å²) in [5, 5.41) is 3.56. The van der Waals surface area contributed by atoms with E-state index in [1.165, 1.54) is 23.3 Å². The Morgan fingerprint density at radius 1 is 1.38 bits per heavy atom. The topological polar surface area (TPSA) is 32.3 Å². The maximum Gasteiger partial charge on any atom is 0.241 e. The zero-order chi connectivity index (χ0) is 14.8. The Balaban J connectivity index is 1.92. The summed E-state index contributed by atoms with van der Waals surface area (Å²) in [6, 6.07) is 8.77. The van der Waals surface area contributed by atoms with E-state index in [2.05, 4.69) is 48.3 Å². The fourth-order valence-corrected chi connectivity index (χ4v) is 4.55. The molecule has 0 bridgehead atoms. The normalized spacial score (nSPS) is 29.9. The van der Waals surface area contributed by atoms with Crippen LogP contribution in [0.5, 0.6) is 0 Å². The van der Waals surface area contributed by atoms with Gasteiger partial charge in [0.15, 0.2) is 0 Å². The quantitative estimate of drug-likeness (QED) is 0.931. The average molecular weight is 304 g/mol. The Morgan fingerprint density at radius 3 is 2.86 bits per heavy atom. The highest BCUT2D eigenvalue weighted by Gasteiger charge is 2.42. The molecule has 3 nitrogen and oxygen atoms in total. The van der Waals surface area contributed by atoms with Crippen molar-refractivity contribution < 1.29 is 4.79 Å². The number of thioether (sulfide) groups is 1. The van der Waals surface area contributed by atoms with Crippen molar-refractivity contribution in [2.75, 3.05) is 11.5 Å². The summed E-state index contributed by atoms with van der Waals surface area (Å²) in [6.45, 7) is 4.22. The lowest BCUT2D eigenvalue weighted by atomic mass is 10.0. The van der Waals surface area contributed by atoms with Crippen molar-refractivity contribution in [2.45, 2.75) is 51.4 Å². The van der Waals surface area contributed by atoms with Crippen molar-refractivity contribution in [1.29, 1.82) is 0 Å². The molecule has 0 spiro atoms. The van der Waals surface area contributed by atoms with E-state index in [4.69, 9.17) is 0 Å². The Hall–Kier alpha value is -1.00. The van der Waals surface area contributed by atoms with Crippen LogP contribution >= 0.6 is 11.8 Å². The zero-order valence-electron chi connectivity index (χ0n) is 12.8. The van der Waals surface area contributed by atoms with Crippen molar-refractivity contribution in [3.8, 4) is 0 Å². The Morgan fingerprint density at radius 2 is 2.19 bits per heavy atom. The molecule has 1 aromatic carbocycles. The molecule has 1 amide bonds. The van der Waals surface area contributed by atoms with Crippen LogP contribution in [0, 0.1) is 6.92 Å². The first-order chi connectivity index (χ1) is 10.2. The molecule has 0 saturated carbocycles. The summed E-state index contributed by atoms with van der Waals surface area (Å²) in [5.74, 6) is 2.60. The summed E-state index contributed by atoms with van der Waals surface area (Å²) in [7, 11) is 0. The van der Waals surface area contributed by atoms with Crippen LogP contribution in [0.25, 0.3) is 0 Å². The molecule has 2 fully saturated rings. The second-order valence-corrected chi connectivity index (χ2v) is 7.15. The van der Waals surface area contributed by atoms with Crippen LogP contribution in [0.4, 0.5) is 0 Å². The van der Waals surface area contributed by atoms with Crippen molar-refractivity contribution in [3.05, 3.63) is 35.4 Å². The Kier molecular flexibility index (Phi) is 4.55. The highest BCUT2D eigenvalue weighted by Crippen LogP contribution is 2.34. The van der Waals surface area contributed by atoms with Gasteiger partial charge in [-0.1, -0.05) is 31.2 Å². The first-order valence-corrected chi connectivity index (χ1v) is 9.09. The van der Waals surface area contributed by atoms with Crippen LogP contribution in [0.2, 0.25) is 0 Å².